The molecular formula is C16H18FN3S. The van der Waals surface area contributed by atoms with E-state index in [0.717, 1.165) is 28.9 Å². The number of benzene rings is 1. The Morgan fingerprint density at radius 1 is 1.38 bits per heavy atom. The molecule has 21 heavy (non-hydrogen) atoms. The Bertz CT molecular complexity index is 747. The van der Waals surface area contributed by atoms with Crippen LogP contribution in [-0.4, -0.2) is 16.1 Å². The summed E-state index contributed by atoms with van der Waals surface area (Å²) in [5.74, 6) is 0.789. The van der Waals surface area contributed by atoms with Crippen molar-refractivity contribution < 1.29 is 4.39 Å². The minimum atomic E-state index is -0.193. The van der Waals surface area contributed by atoms with Crippen molar-refractivity contribution >= 4 is 21.4 Å². The Balaban J connectivity index is 2.03. The first-order valence-corrected chi connectivity index (χ1v) is 7.90. The monoisotopic (exact) mass is 303 g/mol. The molecule has 3 nitrogen and oxygen atoms in total. The zero-order chi connectivity index (χ0) is 14.8. The first-order valence-electron chi connectivity index (χ1n) is 7.08. The summed E-state index contributed by atoms with van der Waals surface area (Å²) in [5.41, 5.74) is 0. The Morgan fingerprint density at radius 2 is 2.24 bits per heavy atom. The standard InChI is InChI=1S/C16H18FN3S/c1-3-6-18-15(16-19-7-8-20(16)2)14-10-11-9-12(17)4-5-13(11)21-14/h4-5,7-10,15,18H,3,6H2,1-2H3. The van der Waals surface area contributed by atoms with Gasteiger partial charge in [-0.3, -0.25) is 0 Å². The molecule has 0 aliphatic carbocycles. The van der Waals surface area contributed by atoms with Crippen LogP contribution in [-0.2, 0) is 7.05 Å². The Hall–Kier alpha value is -1.72. The van der Waals surface area contributed by atoms with Gasteiger partial charge in [-0.15, -0.1) is 11.3 Å². The lowest BCUT2D eigenvalue weighted by Gasteiger charge is -2.16. The van der Waals surface area contributed by atoms with E-state index in [9.17, 15) is 4.39 Å². The summed E-state index contributed by atoms with van der Waals surface area (Å²) < 4.78 is 16.5. The fourth-order valence-electron chi connectivity index (χ4n) is 2.44. The van der Waals surface area contributed by atoms with E-state index in [2.05, 4.69) is 23.3 Å². The van der Waals surface area contributed by atoms with Crippen molar-refractivity contribution in [1.29, 1.82) is 0 Å². The van der Waals surface area contributed by atoms with Crippen molar-refractivity contribution in [3.63, 3.8) is 0 Å². The fraction of sp³-hybridized carbons (Fsp3) is 0.312. The molecule has 0 spiro atoms. The second-order valence-electron chi connectivity index (χ2n) is 5.11. The summed E-state index contributed by atoms with van der Waals surface area (Å²) >= 11 is 1.69. The van der Waals surface area contributed by atoms with Crippen LogP contribution in [0.3, 0.4) is 0 Å². The maximum absolute atomic E-state index is 13.4. The highest BCUT2D eigenvalue weighted by Crippen LogP contribution is 2.33. The zero-order valence-electron chi connectivity index (χ0n) is 12.1. The van der Waals surface area contributed by atoms with Crippen molar-refractivity contribution in [3.8, 4) is 0 Å². The number of aromatic nitrogens is 2. The largest absolute Gasteiger partial charge is 0.336 e. The number of imidazole rings is 1. The number of hydrogen-bond acceptors (Lipinski definition) is 3. The van der Waals surface area contributed by atoms with Crippen molar-refractivity contribution in [2.24, 2.45) is 7.05 Å². The van der Waals surface area contributed by atoms with Crippen molar-refractivity contribution in [2.75, 3.05) is 6.54 Å². The van der Waals surface area contributed by atoms with Gasteiger partial charge in [0.05, 0.1) is 0 Å². The van der Waals surface area contributed by atoms with Gasteiger partial charge < -0.3 is 9.88 Å². The Labute approximate surface area is 127 Å². The maximum atomic E-state index is 13.4. The SMILES string of the molecule is CCCNC(c1cc2cc(F)ccc2s1)c1nccn1C. The second kappa shape index (κ2) is 5.95. The van der Waals surface area contributed by atoms with Gasteiger partial charge in [-0.2, -0.15) is 0 Å². The molecular weight excluding hydrogens is 285 g/mol. The van der Waals surface area contributed by atoms with E-state index in [1.807, 2.05) is 30.1 Å². The summed E-state index contributed by atoms with van der Waals surface area (Å²) in [4.78, 5) is 5.63. The summed E-state index contributed by atoms with van der Waals surface area (Å²) in [6, 6.07) is 7.05. The molecule has 1 unspecified atom stereocenters. The average Bonchev–Trinajstić information content (AvgIpc) is 3.06. The molecule has 1 atom stereocenters. The van der Waals surface area contributed by atoms with E-state index in [4.69, 9.17) is 0 Å². The quantitative estimate of drug-likeness (QED) is 0.775. The van der Waals surface area contributed by atoms with Crippen LogP contribution in [0.1, 0.15) is 30.1 Å². The molecule has 3 rings (SSSR count). The van der Waals surface area contributed by atoms with Crippen LogP contribution in [0.2, 0.25) is 0 Å². The van der Waals surface area contributed by atoms with Gasteiger partial charge >= 0.3 is 0 Å². The van der Waals surface area contributed by atoms with E-state index in [1.165, 1.54) is 10.9 Å². The number of halogens is 1. The summed E-state index contributed by atoms with van der Waals surface area (Å²) in [5, 5.41) is 4.49. The molecule has 1 N–H and O–H groups in total. The molecule has 0 saturated heterocycles. The minimum Gasteiger partial charge on any atom is -0.336 e. The summed E-state index contributed by atoms with van der Waals surface area (Å²) in [6.45, 7) is 3.06. The smallest absolute Gasteiger partial charge is 0.131 e. The van der Waals surface area contributed by atoms with Gasteiger partial charge in [0.25, 0.3) is 0 Å². The first kappa shape index (κ1) is 14.2. The molecule has 0 radical (unpaired) electrons. The fourth-order valence-corrected chi connectivity index (χ4v) is 3.56. The van der Waals surface area contributed by atoms with Gasteiger partial charge in [-0.05, 0) is 42.6 Å². The van der Waals surface area contributed by atoms with Gasteiger partial charge in [0, 0.05) is 29.0 Å². The lowest BCUT2D eigenvalue weighted by Crippen LogP contribution is -2.25. The van der Waals surface area contributed by atoms with Crippen LogP contribution >= 0.6 is 11.3 Å². The van der Waals surface area contributed by atoms with E-state index >= 15 is 0 Å². The highest BCUT2D eigenvalue weighted by molar-refractivity contribution is 7.19. The number of fused-ring (bicyclic) bond motifs is 1. The van der Waals surface area contributed by atoms with Crippen LogP contribution in [0, 0.1) is 5.82 Å². The van der Waals surface area contributed by atoms with Gasteiger partial charge in [-0.25, -0.2) is 9.37 Å². The number of nitrogens with zero attached hydrogens (tertiary/aromatic N) is 2. The molecule has 0 aliphatic heterocycles. The molecule has 5 heteroatoms. The summed E-state index contributed by atoms with van der Waals surface area (Å²) in [6.07, 6.45) is 4.81. The number of thiophene rings is 1. The van der Waals surface area contributed by atoms with Crippen LogP contribution in [0.5, 0.6) is 0 Å². The predicted octanol–water partition coefficient (Wildman–Crippen LogP) is 3.86. The Morgan fingerprint density at radius 3 is 2.95 bits per heavy atom. The van der Waals surface area contributed by atoms with Crippen molar-refractivity contribution in [2.45, 2.75) is 19.4 Å². The van der Waals surface area contributed by atoms with Crippen molar-refractivity contribution in [1.82, 2.24) is 14.9 Å². The molecule has 0 aliphatic rings. The molecule has 110 valence electrons. The third-order valence-electron chi connectivity index (χ3n) is 3.50. The van der Waals surface area contributed by atoms with E-state index in [0.29, 0.717) is 0 Å². The molecule has 0 fully saturated rings. The molecule has 1 aromatic carbocycles. The van der Waals surface area contributed by atoms with Crippen LogP contribution in [0.25, 0.3) is 10.1 Å². The van der Waals surface area contributed by atoms with E-state index < -0.39 is 0 Å². The van der Waals surface area contributed by atoms with E-state index in [1.54, 1.807) is 17.4 Å². The summed E-state index contributed by atoms with van der Waals surface area (Å²) in [7, 11) is 2.00. The number of rotatable bonds is 5. The van der Waals surface area contributed by atoms with Crippen LogP contribution in [0.4, 0.5) is 4.39 Å². The topological polar surface area (TPSA) is 29.9 Å². The Kier molecular flexibility index (Phi) is 4.03. The highest BCUT2D eigenvalue weighted by Gasteiger charge is 2.20. The van der Waals surface area contributed by atoms with Gasteiger partial charge in [-0.1, -0.05) is 6.92 Å². The maximum Gasteiger partial charge on any atom is 0.131 e. The minimum absolute atomic E-state index is 0.0467. The molecule has 3 aromatic rings. The average molecular weight is 303 g/mol. The zero-order valence-corrected chi connectivity index (χ0v) is 13.0. The molecule has 0 bridgehead atoms. The molecule has 2 heterocycles. The van der Waals surface area contributed by atoms with Gasteiger partial charge in [0.15, 0.2) is 0 Å². The lowest BCUT2D eigenvalue weighted by atomic mass is 10.2. The lowest BCUT2D eigenvalue weighted by molar-refractivity contribution is 0.562. The molecule has 0 amide bonds. The third kappa shape index (κ3) is 2.84. The molecule has 0 saturated carbocycles. The van der Waals surface area contributed by atoms with Crippen molar-refractivity contribution in [3.05, 3.63) is 53.2 Å². The predicted molar refractivity (Wildman–Crippen MR) is 85.1 cm³/mol. The first-order chi connectivity index (χ1) is 10.2. The normalized spacial score (nSPS) is 12.9. The number of nitrogens with one attached hydrogen (secondary N) is 1. The van der Waals surface area contributed by atoms with Crippen LogP contribution < -0.4 is 5.32 Å². The van der Waals surface area contributed by atoms with E-state index in [-0.39, 0.29) is 11.9 Å². The third-order valence-corrected chi connectivity index (χ3v) is 4.68. The second-order valence-corrected chi connectivity index (χ2v) is 6.23. The molecule has 2 aromatic heterocycles. The number of aryl methyl sites for hydroxylation is 1. The highest BCUT2D eigenvalue weighted by atomic mass is 32.1. The number of hydrogen-bond donors (Lipinski definition) is 1. The van der Waals surface area contributed by atoms with Gasteiger partial charge in [0.2, 0.25) is 0 Å². The van der Waals surface area contributed by atoms with Crippen LogP contribution in [0.15, 0.2) is 36.7 Å². The van der Waals surface area contributed by atoms with Gasteiger partial charge in [0.1, 0.15) is 17.7 Å².